The predicted octanol–water partition coefficient (Wildman–Crippen LogP) is 4.98. The van der Waals surface area contributed by atoms with Crippen molar-refractivity contribution in [3.05, 3.63) is 49.2 Å². The van der Waals surface area contributed by atoms with Gasteiger partial charge in [0.25, 0.3) is 0 Å². The summed E-state index contributed by atoms with van der Waals surface area (Å²) in [5.41, 5.74) is 1.66. The van der Waals surface area contributed by atoms with Gasteiger partial charge in [-0.25, -0.2) is 9.37 Å². The largest absolute Gasteiger partial charge is 0.323 e. The minimum Gasteiger partial charge on any atom is -0.323 e. The molecule has 0 fully saturated rings. The Morgan fingerprint density at radius 1 is 1.38 bits per heavy atom. The molecule has 3 rings (SSSR count). The van der Waals surface area contributed by atoms with E-state index in [0.29, 0.717) is 22.4 Å². The Balaban J connectivity index is 2.12. The average molecular weight is 435 g/mol. The number of halogens is 3. The lowest BCUT2D eigenvalue weighted by Crippen LogP contribution is -2.05. The third-order valence-corrected chi connectivity index (χ3v) is 5.30. The Hall–Kier alpha value is -0.660. The van der Waals surface area contributed by atoms with E-state index in [1.165, 1.54) is 9.75 Å². The number of imidazole rings is 1. The molecule has 2 aromatic heterocycles. The number of thiophene rings is 1. The molecule has 3 aromatic rings. The molecule has 0 N–H and O–H groups in total. The van der Waals surface area contributed by atoms with Crippen LogP contribution in [0.5, 0.6) is 0 Å². The van der Waals surface area contributed by atoms with Gasteiger partial charge in [0.15, 0.2) is 0 Å². The Morgan fingerprint density at radius 2 is 2.19 bits per heavy atom. The van der Waals surface area contributed by atoms with Crippen LogP contribution in [0, 0.1) is 16.3 Å². The minimum atomic E-state index is -0.205. The predicted molar refractivity (Wildman–Crippen MR) is 95.0 cm³/mol. The van der Waals surface area contributed by atoms with E-state index in [2.05, 4.69) is 28.6 Å². The molecule has 2 heterocycles. The first-order valence-corrected chi connectivity index (χ1v) is 8.97. The summed E-state index contributed by atoms with van der Waals surface area (Å²) in [6, 6.07) is 7.57. The number of hydrogen-bond acceptors (Lipinski definition) is 2. The maximum Gasteiger partial charge on any atom is 0.138 e. The molecule has 0 atom stereocenters. The van der Waals surface area contributed by atoms with E-state index in [4.69, 9.17) is 11.6 Å². The Morgan fingerprint density at radius 3 is 2.86 bits per heavy atom. The number of alkyl halides is 1. The lowest BCUT2D eigenvalue weighted by molar-refractivity contribution is 0.621. The van der Waals surface area contributed by atoms with E-state index in [9.17, 15) is 4.39 Å². The summed E-state index contributed by atoms with van der Waals surface area (Å²) in [5, 5.41) is 0. The highest BCUT2D eigenvalue weighted by Gasteiger charge is 2.14. The van der Waals surface area contributed by atoms with E-state index >= 15 is 0 Å². The van der Waals surface area contributed by atoms with Gasteiger partial charge >= 0.3 is 0 Å². The molecular formula is C15H13ClFIN2S. The van der Waals surface area contributed by atoms with Crippen LogP contribution in [0.2, 0.25) is 0 Å². The molecule has 0 aliphatic carbocycles. The highest BCUT2D eigenvalue weighted by atomic mass is 127. The summed E-state index contributed by atoms with van der Waals surface area (Å²) in [6.07, 6.45) is 0.679. The van der Waals surface area contributed by atoms with Crippen LogP contribution in [-0.2, 0) is 13.0 Å². The summed E-state index contributed by atoms with van der Waals surface area (Å²) in [5.74, 6) is 1.21. The van der Waals surface area contributed by atoms with Crippen molar-refractivity contribution in [2.75, 3.05) is 5.88 Å². The highest BCUT2D eigenvalue weighted by Crippen LogP contribution is 2.25. The molecule has 0 bridgehead atoms. The van der Waals surface area contributed by atoms with Crippen LogP contribution in [0.4, 0.5) is 4.39 Å². The Labute approximate surface area is 145 Å². The molecule has 110 valence electrons. The van der Waals surface area contributed by atoms with Gasteiger partial charge in [-0.3, -0.25) is 0 Å². The maximum absolute atomic E-state index is 13.9. The molecule has 0 radical (unpaired) electrons. The number of aromatic nitrogens is 2. The Kier molecular flexibility index (Phi) is 4.51. The fraction of sp³-hybridized carbons (Fsp3) is 0.267. The second kappa shape index (κ2) is 6.22. The minimum absolute atomic E-state index is 0.205. The molecule has 1 aromatic carbocycles. The number of aryl methyl sites for hydroxylation is 2. The molecule has 0 aliphatic rings. The topological polar surface area (TPSA) is 17.8 Å². The molecule has 2 nitrogen and oxygen atoms in total. The fourth-order valence-electron chi connectivity index (χ4n) is 2.35. The molecule has 0 spiro atoms. The summed E-state index contributed by atoms with van der Waals surface area (Å²) in [4.78, 5) is 7.13. The van der Waals surface area contributed by atoms with E-state index in [1.807, 2.05) is 22.6 Å². The van der Waals surface area contributed by atoms with Gasteiger partial charge in [-0.1, -0.05) is 0 Å². The lowest BCUT2D eigenvalue weighted by atomic mass is 10.3. The maximum atomic E-state index is 13.9. The first-order valence-electron chi connectivity index (χ1n) is 6.54. The molecule has 0 saturated carbocycles. The molecule has 21 heavy (non-hydrogen) atoms. The molecule has 0 unspecified atom stereocenters. The van der Waals surface area contributed by atoms with Crippen LogP contribution >= 0.6 is 45.5 Å². The third kappa shape index (κ3) is 3.10. The number of rotatable bonds is 4. The van der Waals surface area contributed by atoms with Gasteiger partial charge in [0.2, 0.25) is 0 Å². The monoisotopic (exact) mass is 434 g/mol. The van der Waals surface area contributed by atoms with Crippen LogP contribution in [0.3, 0.4) is 0 Å². The zero-order valence-electron chi connectivity index (χ0n) is 11.4. The normalized spacial score (nSPS) is 11.4. The zero-order chi connectivity index (χ0) is 15.0. The van der Waals surface area contributed by atoms with Crippen molar-refractivity contribution in [2.24, 2.45) is 0 Å². The first-order chi connectivity index (χ1) is 10.1. The summed E-state index contributed by atoms with van der Waals surface area (Å²) in [7, 11) is 0. The molecular weight excluding hydrogens is 422 g/mol. The van der Waals surface area contributed by atoms with Crippen LogP contribution in [0.25, 0.3) is 11.0 Å². The second-order valence-electron chi connectivity index (χ2n) is 4.82. The molecule has 0 aliphatic heterocycles. The standard InChI is InChI=1S/C15H13ClFIN2S/c1-9-2-3-10(21-9)8-20-14-6-11(17)12(18)7-13(14)19-15(20)4-5-16/h2-3,6-7H,4-5,8H2,1H3. The van der Waals surface area contributed by atoms with Crippen molar-refractivity contribution < 1.29 is 4.39 Å². The van der Waals surface area contributed by atoms with E-state index in [1.54, 1.807) is 23.5 Å². The Bertz CT molecular complexity index is 796. The zero-order valence-corrected chi connectivity index (χ0v) is 15.1. The van der Waals surface area contributed by atoms with Gasteiger partial charge in [-0.15, -0.1) is 22.9 Å². The van der Waals surface area contributed by atoms with Crippen LogP contribution in [0.15, 0.2) is 24.3 Å². The van der Waals surface area contributed by atoms with Gasteiger partial charge in [0, 0.05) is 28.1 Å². The summed E-state index contributed by atoms with van der Waals surface area (Å²) < 4.78 is 16.6. The summed E-state index contributed by atoms with van der Waals surface area (Å²) >= 11 is 9.62. The smallest absolute Gasteiger partial charge is 0.138 e. The van der Waals surface area contributed by atoms with Gasteiger partial charge in [-0.05, 0) is 47.7 Å². The lowest BCUT2D eigenvalue weighted by Gasteiger charge is -2.07. The van der Waals surface area contributed by atoms with Crippen LogP contribution < -0.4 is 0 Å². The highest BCUT2D eigenvalue weighted by molar-refractivity contribution is 14.1. The van der Waals surface area contributed by atoms with E-state index in [-0.39, 0.29) is 5.82 Å². The number of fused-ring (bicyclic) bond motifs is 1. The van der Waals surface area contributed by atoms with Crippen molar-refractivity contribution in [3.8, 4) is 0 Å². The van der Waals surface area contributed by atoms with Crippen molar-refractivity contribution >= 4 is 56.6 Å². The van der Waals surface area contributed by atoms with Crippen molar-refractivity contribution in [1.29, 1.82) is 0 Å². The van der Waals surface area contributed by atoms with Gasteiger partial charge in [0.1, 0.15) is 11.6 Å². The molecule has 0 saturated heterocycles. The fourth-order valence-corrected chi connectivity index (χ4v) is 3.85. The molecule has 6 heteroatoms. The van der Waals surface area contributed by atoms with Crippen molar-refractivity contribution in [1.82, 2.24) is 9.55 Å². The van der Waals surface area contributed by atoms with Gasteiger partial charge in [-0.2, -0.15) is 0 Å². The van der Waals surface area contributed by atoms with E-state index in [0.717, 1.165) is 16.9 Å². The average Bonchev–Trinajstić information content (AvgIpc) is 2.97. The van der Waals surface area contributed by atoms with Gasteiger partial charge in [0.05, 0.1) is 21.1 Å². The number of nitrogens with zero attached hydrogens (tertiary/aromatic N) is 2. The molecule has 0 amide bonds. The third-order valence-electron chi connectivity index (χ3n) is 3.30. The second-order valence-corrected chi connectivity index (χ2v) is 7.73. The summed E-state index contributed by atoms with van der Waals surface area (Å²) in [6.45, 7) is 2.79. The number of hydrogen-bond donors (Lipinski definition) is 0. The van der Waals surface area contributed by atoms with Crippen molar-refractivity contribution in [3.63, 3.8) is 0 Å². The SMILES string of the molecule is Cc1ccc(Cn2c(CCCl)nc3cc(I)c(F)cc32)s1. The first kappa shape index (κ1) is 15.2. The number of benzene rings is 1. The van der Waals surface area contributed by atoms with E-state index < -0.39 is 0 Å². The van der Waals surface area contributed by atoms with Gasteiger partial charge < -0.3 is 4.57 Å². The quantitative estimate of drug-likeness (QED) is 0.418. The van der Waals surface area contributed by atoms with Crippen molar-refractivity contribution in [2.45, 2.75) is 19.9 Å². The van der Waals surface area contributed by atoms with Crippen LogP contribution in [0.1, 0.15) is 15.6 Å². The van der Waals surface area contributed by atoms with Crippen LogP contribution in [-0.4, -0.2) is 15.4 Å².